The van der Waals surface area contributed by atoms with Crippen LogP contribution in [0.2, 0.25) is 5.28 Å². The summed E-state index contributed by atoms with van der Waals surface area (Å²) in [4.78, 5) is 8.54. The first-order valence-corrected chi connectivity index (χ1v) is 5.90. The third-order valence-corrected chi connectivity index (χ3v) is 3.07. The van der Waals surface area contributed by atoms with Crippen molar-refractivity contribution in [1.82, 2.24) is 9.97 Å². The van der Waals surface area contributed by atoms with Crippen molar-refractivity contribution < 1.29 is 0 Å². The maximum atomic E-state index is 5.89. The number of aryl methyl sites for hydroxylation is 1. The largest absolute Gasteiger partial charge is 0.367 e. The minimum Gasteiger partial charge on any atom is -0.367 e. The van der Waals surface area contributed by atoms with E-state index in [2.05, 4.69) is 29.1 Å². The summed E-state index contributed by atoms with van der Waals surface area (Å²) in [6.07, 6.45) is 4.36. The van der Waals surface area contributed by atoms with E-state index in [1.165, 1.54) is 12.0 Å². The second-order valence-corrected chi connectivity index (χ2v) is 4.41. The van der Waals surface area contributed by atoms with Crippen molar-refractivity contribution in [3.05, 3.63) is 16.5 Å². The number of hydrogen-bond acceptors (Lipinski definition) is 3. The van der Waals surface area contributed by atoms with Gasteiger partial charge in [-0.3, -0.25) is 0 Å². The second-order valence-electron chi connectivity index (χ2n) is 4.07. The minimum atomic E-state index is 0.362. The molecule has 0 saturated heterocycles. The molecule has 1 N–H and O–H groups in total. The summed E-state index contributed by atoms with van der Waals surface area (Å²) in [5.41, 5.74) is 2.39. The van der Waals surface area contributed by atoms with Gasteiger partial charge in [0, 0.05) is 11.6 Å². The molecular weight excluding hydrogens is 210 g/mol. The van der Waals surface area contributed by atoms with E-state index in [0.717, 1.165) is 30.8 Å². The first-order valence-electron chi connectivity index (χ1n) is 5.52. The van der Waals surface area contributed by atoms with Crippen molar-refractivity contribution in [2.75, 3.05) is 5.32 Å². The number of hydrogen-bond donors (Lipinski definition) is 1. The van der Waals surface area contributed by atoms with E-state index >= 15 is 0 Å². The first-order chi connectivity index (χ1) is 7.20. The third-order valence-electron chi connectivity index (χ3n) is 2.90. The van der Waals surface area contributed by atoms with Gasteiger partial charge in [-0.15, -0.1) is 0 Å². The maximum absolute atomic E-state index is 5.89. The molecule has 1 atom stereocenters. The van der Waals surface area contributed by atoms with Gasteiger partial charge in [-0.05, 0) is 44.2 Å². The van der Waals surface area contributed by atoms with E-state index in [4.69, 9.17) is 11.6 Å². The van der Waals surface area contributed by atoms with Crippen molar-refractivity contribution in [3.8, 4) is 0 Å². The van der Waals surface area contributed by atoms with Crippen molar-refractivity contribution in [3.63, 3.8) is 0 Å². The van der Waals surface area contributed by atoms with Crippen LogP contribution in [0.4, 0.5) is 5.82 Å². The van der Waals surface area contributed by atoms with Crippen molar-refractivity contribution >= 4 is 17.4 Å². The van der Waals surface area contributed by atoms with E-state index in [9.17, 15) is 0 Å². The van der Waals surface area contributed by atoms with Gasteiger partial charge in [-0.25, -0.2) is 9.97 Å². The van der Waals surface area contributed by atoms with E-state index in [-0.39, 0.29) is 0 Å². The molecule has 1 heterocycles. The zero-order valence-corrected chi connectivity index (χ0v) is 9.93. The molecule has 0 fully saturated rings. The van der Waals surface area contributed by atoms with Gasteiger partial charge >= 0.3 is 0 Å². The Morgan fingerprint density at radius 2 is 2.20 bits per heavy atom. The van der Waals surface area contributed by atoms with Crippen LogP contribution < -0.4 is 5.32 Å². The van der Waals surface area contributed by atoms with E-state index < -0.39 is 0 Å². The van der Waals surface area contributed by atoms with Crippen LogP contribution in [0.15, 0.2) is 0 Å². The smallest absolute Gasteiger partial charge is 0.224 e. The molecule has 3 nitrogen and oxygen atoms in total. The standard InChI is InChI=1S/C11H16ClN3/c1-3-7(2)13-10-8-5-4-6-9(8)14-11(12)15-10/h7H,3-6H2,1-2H3,(H,13,14,15). The van der Waals surface area contributed by atoms with Crippen LogP contribution in [0.25, 0.3) is 0 Å². The van der Waals surface area contributed by atoms with Crippen molar-refractivity contribution in [2.24, 2.45) is 0 Å². The Kier molecular flexibility index (Phi) is 3.10. The lowest BCUT2D eigenvalue weighted by atomic mass is 10.2. The van der Waals surface area contributed by atoms with Crippen LogP contribution in [-0.4, -0.2) is 16.0 Å². The molecule has 0 amide bonds. The highest BCUT2D eigenvalue weighted by molar-refractivity contribution is 6.28. The molecule has 0 saturated carbocycles. The molecule has 0 aliphatic heterocycles. The molecule has 1 aromatic heterocycles. The van der Waals surface area contributed by atoms with Crippen LogP contribution in [0.3, 0.4) is 0 Å². The lowest BCUT2D eigenvalue weighted by Crippen LogP contribution is -2.16. The van der Waals surface area contributed by atoms with Gasteiger partial charge in [-0.2, -0.15) is 0 Å². The van der Waals surface area contributed by atoms with Gasteiger partial charge in [0.25, 0.3) is 0 Å². The highest BCUT2D eigenvalue weighted by atomic mass is 35.5. The van der Waals surface area contributed by atoms with Gasteiger partial charge in [0.15, 0.2) is 0 Å². The summed E-state index contributed by atoms with van der Waals surface area (Å²) in [5.74, 6) is 0.942. The normalized spacial score (nSPS) is 16.2. The molecule has 15 heavy (non-hydrogen) atoms. The van der Waals surface area contributed by atoms with Gasteiger partial charge in [0.05, 0.1) is 5.69 Å². The van der Waals surface area contributed by atoms with Crippen LogP contribution in [0.1, 0.15) is 37.9 Å². The Morgan fingerprint density at radius 1 is 1.40 bits per heavy atom. The predicted molar refractivity (Wildman–Crippen MR) is 62.4 cm³/mol. The molecule has 82 valence electrons. The summed E-state index contributed by atoms with van der Waals surface area (Å²) in [6.45, 7) is 4.30. The third kappa shape index (κ3) is 2.23. The molecule has 2 rings (SSSR count). The fraction of sp³-hybridized carbons (Fsp3) is 0.636. The Bertz CT molecular complexity index is 365. The van der Waals surface area contributed by atoms with Gasteiger partial charge in [-0.1, -0.05) is 6.92 Å². The molecule has 0 bridgehead atoms. The lowest BCUT2D eigenvalue weighted by Gasteiger charge is -2.15. The second kappa shape index (κ2) is 4.35. The summed E-state index contributed by atoms with van der Waals surface area (Å²) in [6, 6.07) is 0.431. The van der Waals surface area contributed by atoms with Crippen LogP contribution in [0, 0.1) is 0 Å². The van der Waals surface area contributed by atoms with Gasteiger partial charge < -0.3 is 5.32 Å². The fourth-order valence-corrected chi connectivity index (χ4v) is 2.04. The Morgan fingerprint density at radius 3 is 2.93 bits per heavy atom. The number of rotatable bonds is 3. The Labute approximate surface area is 95.3 Å². The van der Waals surface area contributed by atoms with E-state index in [1.807, 2.05) is 0 Å². The zero-order valence-electron chi connectivity index (χ0n) is 9.18. The highest BCUT2D eigenvalue weighted by Crippen LogP contribution is 2.27. The average Bonchev–Trinajstić information content (AvgIpc) is 2.65. The van der Waals surface area contributed by atoms with Gasteiger partial charge in [0.2, 0.25) is 5.28 Å². The summed E-state index contributed by atoms with van der Waals surface area (Å²) < 4.78 is 0. The summed E-state index contributed by atoms with van der Waals surface area (Å²) >= 11 is 5.89. The molecule has 4 heteroatoms. The quantitative estimate of drug-likeness (QED) is 0.804. The maximum Gasteiger partial charge on any atom is 0.224 e. The molecule has 0 spiro atoms. The van der Waals surface area contributed by atoms with Crippen molar-refractivity contribution in [2.45, 2.75) is 45.6 Å². The Hall–Kier alpha value is -0.830. The Balaban J connectivity index is 2.30. The number of nitrogens with one attached hydrogen (secondary N) is 1. The van der Waals surface area contributed by atoms with E-state index in [1.54, 1.807) is 0 Å². The lowest BCUT2D eigenvalue weighted by molar-refractivity contribution is 0.755. The van der Waals surface area contributed by atoms with Crippen LogP contribution in [-0.2, 0) is 12.8 Å². The van der Waals surface area contributed by atoms with Crippen LogP contribution >= 0.6 is 11.6 Å². The minimum absolute atomic E-state index is 0.362. The molecule has 0 radical (unpaired) electrons. The average molecular weight is 226 g/mol. The molecule has 0 aromatic carbocycles. The van der Waals surface area contributed by atoms with E-state index in [0.29, 0.717) is 11.3 Å². The monoisotopic (exact) mass is 225 g/mol. The van der Waals surface area contributed by atoms with Crippen LogP contribution in [0.5, 0.6) is 0 Å². The molecule has 1 unspecified atom stereocenters. The molecular formula is C11H16ClN3. The number of anilines is 1. The fourth-order valence-electron chi connectivity index (χ4n) is 1.86. The predicted octanol–water partition coefficient (Wildman–Crippen LogP) is 2.83. The van der Waals surface area contributed by atoms with Crippen molar-refractivity contribution in [1.29, 1.82) is 0 Å². The first kappa shape index (κ1) is 10.7. The number of nitrogens with zero attached hydrogens (tertiary/aromatic N) is 2. The number of fused-ring (bicyclic) bond motifs is 1. The number of aromatic nitrogens is 2. The highest BCUT2D eigenvalue weighted by Gasteiger charge is 2.19. The van der Waals surface area contributed by atoms with Gasteiger partial charge in [0.1, 0.15) is 5.82 Å². The number of halogens is 1. The molecule has 1 aliphatic rings. The summed E-state index contributed by atoms with van der Waals surface area (Å²) in [5, 5.41) is 3.76. The molecule has 1 aromatic rings. The SMILES string of the molecule is CCC(C)Nc1nc(Cl)nc2c1CCC2. The summed E-state index contributed by atoms with van der Waals surface area (Å²) in [7, 11) is 0. The zero-order chi connectivity index (χ0) is 10.8. The topological polar surface area (TPSA) is 37.8 Å². The molecule has 1 aliphatic carbocycles.